The lowest BCUT2D eigenvalue weighted by Gasteiger charge is -2.24. The first-order valence-electron chi connectivity index (χ1n) is 6.20. The van der Waals surface area contributed by atoms with E-state index in [1.807, 2.05) is 58.3 Å². The van der Waals surface area contributed by atoms with Crippen molar-refractivity contribution < 1.29 is 10.0 Å². The van der Waals surface area contributed by atoms with Crippen LogP contribution in [0.1, 0.15) is 46.2 Å². The first-order valence-corrected chi connectivity index (χ1v) is 6.20. The zero-order valence-corrected chi connectivity index (χ0v) is 11.8. The first kappa shape index (κ1) is 16.6. The molecule has 1 amide bonds. The summed E-state index contributed by atoms with van der Waals surface area (Å²) in [6.07, 6.45) is 0. The summed E-state index contributed by atoms with van der Waals surface area (Å²) in [5.41, 5.74) is 2.44. The monoisotopic (exact) mass is 252 g/mol. The molecule has 0 aromatic heterocycles. The van der Waals surface area contributed by atoms with E-state index in [1.165, 1.54) is 0 Å². The van der Waals surface area contributed by atoms with Gasteiger partial charge in [0.15, 0.2) is 0 Å². The summed E-state index contributed by atoms with van der Waals surface area (Å²) in [6.45, 7) is 9.68. The van der Waals surface area contributed by atoms with Gasteiger partial charge in [0.05, 0.1) is 0 Å². The Kier molecular flexibility index (Phi) is 7.24. The highest BCUT2D eigenvalue weighted by Crippen LogP contribution is 2.13. The molecule has 1 rings (SSSR count). The number of rotatable bonds is 3. The minimum absolute atomic E-state index is 0.249. The Labute approximate surface area is 109 Å². The van der Waals surface area contributed by atoms with Crippen LogP contribution in [0.25, 0.3) is 0 Å². The maximum absolute atomic E-state index is 11.9. The van der Waals surface area contributed by atoms with E-state index in [0.717, 1.165) is 5.56 Å². The second-order valence-corrected chi connectivity index (χ2v) is 4.71. The molecule has 0 fully saturated rings. The minimum atomic E-state index is -0.736. The molecule has 1 atom stereocenters. The highest BCUT2D eigenvalue weighted by molar-refractivity contribution is 5.83. The molecule has 4 heteroatoms. The molecule has 0 spiro atoms. The Hall–Kier alpha value is -1.39. The number of benzene rings is 1. The molecule has 18 heavy (non-hydrogen) atoms. The van der Waals surface area contributed by atoms with Crippen LogP contribution in [0.5, 0.6) is 0 Å². The standard InChI is InChI=1S/C12H18N2O2.C2H6/c1-12(2,3)13-11(15)10(14-16)9-7-5-4-6-8-9;1-2/h4-8,10,14,16H,1-3H3,(H,13,15);1-2H3. The van der Waals surface area contributed by atoms with Crippen molar-refractivity contribution in [2.45, 2.75) is 46.2 Å². The van der Waals surface area contributed by atoms with E-state index in [1.54, 1.807) is 12.1 Å². The fourth-order valence-electron chi connectivity index (χ4n) is 1.37. The van der Waals surface area contributed by atoms with Gasteiger partial charge in [-0.15, -0.1) is 0 Å². The molecule has 0 aliphatic rings. The van der Waals surface area contributed by atoms with Crippen molar-refractivity contribution in [1.82, 2.24) is 10.8 Å². The average Bonchev–Trinajstić information content (AvgIpc) is 2.31. The van der Waals surface area contributed by atoms with Gasteiger partial charge in [-0.1, -0.05) is 44.2 Å². The zero-order chi connectivity index (χ0) is 14.2. The van der Waals surface area contributed by atoms with Crippen molar-refractivity contribution in [3.8, 4) is 0 Å². The Morgan fingerprint density at radius 3 is 2.06 bits per heavy atom. The van der Waals surface area contributed by atoms with Crippen LogP contribution >= 0.6 is 0 Å². The van der Waals surface area contributed by atoms with E-state index in [-0.39, 0.29) is 11.4 Å². The van der Waals surface area contributed by atoms with Crippen LogP contribution in [0.3, 0.4) is 0 Å². The van der Waals surface area contributed by atoms with E-state index in [9.17, 15) is 4.79 Å². The third-order valence-electron chi connectivity index (χ3n) is 2.02. The Bertz CT molecular complexity index is 345. The third kappa shape index (κ3) is 5.80. The van der Waals surface area contributed by atoms with Crippen LogP contribution in [-0.4, -0.2) is 16.7 Å². The van der Waals surface area contributed by atoms with Gasteiger partial charge in [0, 0.05) is 5.54 Å². The van der Waals surface area contributed by atoms with Crippen molar-refractivity contribution in [3.63, 3.8) is 0 Å². The molecule has 3 N–H and O–H groups in total. The zero-order valence-electron chi connectivity index (χ0n) is 11.8. The predicted molar refractivity (Wildman–Crippen MR) is 73.3 cm³/mol. The Morgan fingerprint density at radius 1 is 1.17 bits per heavy atom. The fraction of sp³-hybridized carbons (Fsp3) is 0.500. The number of hydroxylamine groups is 1. The predicted octanol–water partition coefficient (Wildman–Crippen LogP) is 2.65. The third-order valence-corrected chi connectivity index (χ3v) is 2.02. The van der Waals surface area contributed by atoms with Crippen LogP contribution in [0.15, 0.2) is 30.3 Å². The second kappa shape index (κ2) is 7.84. The van der Waals surface area contributed by atoms with Gasteiger partial charge in [-0.3, -0.25) is 4.79 Å². The van der Waals surface area contributed by atoms with Crippen LogP contribution in [0, 0.1) is 0 Å². The molecule has 4 nitrogen and oxygen atoms in total. The number of carbonyl (C=O) groups is 1. The molecule has 1 aromatic carbocycles. The van der Waals surface area contributed by atoms with E-state index in [2.05, 4.69) is 5.32 Å². The number of nitrogens with one attached hydrogen (secondary N) is 2. The van der Waals surface area contributed by atoms with Gasteiger partial charge in [0.2, 0.25) is 5.91 Å². The molecule has 0 aliphatic carbocycles. The largest absolute Gasteiger partial charge is 0.350 e. The molecule has 1 unspecified atom stereocenters. The van der Waals surface area contributed by atoms with Crippen molar-refractivity contribution >= 4 is 5.91 Å². The van der Waals surface area contributed by atoms with E-state index in [4.69, 9.17) is 5.21 Å². The van der Waals surface area contributed by atoms with Crippen molar-refractivity contribution in [3.05, 3.63) is 35.9 Å². The topological polar surface area (TPSA) is 61.4 Å². The summed E-state index contributed by atoms with van der Waals surface area (Å²) in [6, 6.07) is 8.35. The highest BCUT2D eigenvalue weighted by Gasteiger charge is 2.23. The van der Waals surface area contributed by atoms with Gasteiger partial charge in [0.1, 0.15) is 6.04 Å². The summed E-state index contributed by atoms with van der Waals surface area (Å²) in [5.74, 6) is -0.249. The molecule has 1 aromatic rings. The number of hydrogen-bond donors (Lipinski definition) is 3. The average molecular weight is 252 g/mol. The van der Waals surface area contributed by atoms with Gasteiger partial charge in [-0.05, 0) is 26.3 Å². The lowest BCUT2D eigenvalue weighted by atomic mass is 10.0. The molecule has 102 valence electrons. The number of amides is 1. The summed E-state index contributed by atoms with van der Waals surface area (Å²) in [4.78, 5) is 11.9. The van der Waals surface area contributed by atoms with Crippen molar-refractivity contribution in [2.24, 2.45) is 0 Å². The molecule has 0 saturated carbocycles. The summed E-state index contributed by atoms with van der Waals surface area (Å²) < 4.78 is 0. The van der Waals surface area contributed by atoms with E-state index in [0.29, 0.717) is 0 Å². The summed E-state index contributed by atoms with van der Waals surface area (Å²) in [7, 11) is 0. The Morgan fingerprint density at radius 2 is 1.67 bits per heavy atom. The maximum atomic E-state index is 11.9. The number of hydrogen-bond acceptors (Lipinski definition) is 3. The second-order valence-electron chi connectivity index (χ2n) is 4.71. The summed E-state index contributed by atoms with van der Waals surface area (Å²) in [5, 5.41) is 11.8. The Balaban J connectivity index is 0.00000137. The number of carbonyl (C=O) groups excluding carboxylic acids is 1. The molecule has 0 radical (unpaired) electrons. The normalized spacial score (nSPS) is 12.1. The highest BCUT2D eigenvalue weighted by atomic mass is 16.5. The van der Waals surface area contributed by atoms with Gasteiger partial charge in [0.25, 0.3) is 0 Å². The van der Waals surface area contributed by atoms with Crippen LogP contribution < -0.4 is 10.8 Å². The van der Waals surface area contributed by atoms with E-state index < -0.39 is 6.04 Å². The molecule has 0 heterocycles. The van der Waals surface area contributed by atoms with Gasteiger partial charge in [-0.25, -0.2) is 0 Å². The van der Waals surface area contributed by atoms with Gasteiger partial charge >= 0.3 is 0 Å². The van der Waals surface area contributed by atoms with Crippen molar-refractivity contribution in [2.75, 3.05) is 0 Å². The van der Waals surface area contributed by atoms with Gasteiger partial charge in [-0.2, -0.15) is 5.48 Å². The summed E-state index contributed by atoms with van der Waals surface area (Å²) >= 11 is 0. The smallest absolute Gasteiger partial charge is 0.244 e. The minimum Gasteiger partial charge on any atom is -0.350 e. The molecular formula is C14H24N2O2. The van der Waals surface area contributed by atoms with Gasteiger partial charge < -0.3 is 10.5 Å². The van der Waals surface area contributed by atoms with Crippen LogP contribution in [0.2, 0.25) is 0 Å². The molecule has 0 bridgehead atoms. The lowest BCUT2D eigenvalue weighted by Crippen LogP contribution is -2.46. The first-order chi connectivity index (χ1) is 8.44. The van der Waals surface area contributed by atoms with Crippen LogP contribution in [-0.2, 0) is 4.79 Å². The SMILES string of the molecule is CC.CC(C)(C)NC(=O)C(NO)c1ccccc1. The van der Waals surface area contributed by atoms with Crippen LogP contribution in [0.4, 0.5) is 0 Å². The lowest BCUT2D eigenvalue weighted by molar-refractivity contribution is -0.127. The molecular weight excluding hydrogens is 228 g/mol. The quantitative estimate of drug-likeness (QED) is 0.725. The molecule has 0 aliphatic heterocycles. The fourth-order valence-corrected chi connectivity index (χ4v) is 1.37. The van der Waals surface area contributed by atoms with E-state index >= 15 is 0 Å². The van der Waals surface area contributed by atoms with Crippen molar-refractivity contribution in [1.29, 1.82) is 0 Å². The maximum Gasteiger partial charge on any atom is 0.244 e. The molecule has 0 saturated heterocycles.